The maximum absolute atomic E-state index is 13.2. The van der Waals surface area contributed by atoms with Crippen LogP contribution < -0.4 is 4.74 Å². The second kappa shape index (κ2) is 6.91. The lowest BCUT2D eigenvalue weighted by Crippen LogP contribution is -2.01. The average molecular weight is 323 g/mol. The van der Waals surface area contributed by atoms with E-state index in [1.165, 1.54) is 18.2 Å². The minimum absolute atomic E-state index is 0.134. The highest BCUT2D eigenvalue weighted by Gasteiger charge is 2.21. The maximum atomic E-state index is 13.2. The van der Waals surface area contributed by atoms with E-state index in [4.69, 9.17) is 9.47 Å². The summed E-state index contributed by atoms with van der Waals surface area (Å²) in [4.78, 5) is 15.9. The Morgan fingerprint density at radius 3 is 2.58 bits per heavy atom. The van der Waals surface area contributed by atoms with Gasteiger partial charge in [-0.25, -0.2) is 14.2 Å². The van der Waals surface area contributed by atoms with Crippen LogP contribution in [0, 0.1) is 5.82 Å². The number of methoxy groups -OCH3 is 1. The van der Waals surface area contributed by atoms with Crippen molar-refractivity contribution in [3.05, 3.63) is 77.2 Å². The number of esters is 1. The largest absolute Gasteiger partial charge is 0.497 e. The fourth-order valence-corrected chi connectivity index (χ4v) is 2.13. The van der Waals surface area contributed by atoms with Crippen molar-refractivity contribution in [3.63, 3.8) is 0 Å². The van der Waals surface area contributed by atoms with Gasteiger partial charge in [0, 0.05) is 6.08 Å². The Morgan fingerprint density at radius 1 is 1.08 bits per heavy atom. The van der Waals surface area contributed by atoms with Gasteiger partial charge in [-0.05, 0) is 47.5 Å². The number of halogens is 1. The van der Waals surface area contributed by atoms with Gasteiger partial charge in [-0.15, -0.1) is 0 Å². The summed E-state index contributed by atoms with van der Waals surface area (Å²) in [7, 11) is 1.60. The Bertz CT molecular complexity index is 851. The number of cyclic esters (lactones) is 1. The fraction of sp³-hybridized carbons (Fsp3) is 0.0526. The molecule has 2 aromatic rings. The first-order chi connectivity index (χ1) is 11.6. The highest BCUT2D eigenvalue weighted by atomic mass is 19.1. The molecule has 0 aliphatic carbocycles. The molecule has 0 fully saturated rings. The first-order valence-electron chi connectivity index (χ1n) is 7.24. The van der Waals surface area contributed by atoms with Gasteiger partial charge in [-0.3, -0.25) is 0 Å². The molecule has 1 heterocycles. The lowest BCUT2D eigenvalue weighted by molar-refractivity contribution is -0.129. The standard InChI is InChI=1S/C19H14FNO3/c1-23-16-8-5-13(6-9-16)7-10-18-21-17(19(22)24-18)12-14-3-2-4-15(20)11-14/h2-12H,1H3/b10-7+,17-12?. The van der Waals surface area contributed by atoms with Gasteiger partial charge in [0.2, 0.25) is 5.90 Å². The average Bonchev–Trinajstić information content (AvgIpc) is 2.93. The van der Waals surface area contributed by atoms with Crippen LogP contribution in [0.3, 0.4) is 0 Å². The monoisotopic (exact) mass is 323 g/mol. The Balaban J connectivity index is 1.77. The molecule has 5 heteroatoms. The molecule has 0 aromatic heterocycles. The number of aliphatic imine (C=N–C) groups is 1. The number of benzene rings is 2. The molecule has 2 aromatic carbocycles. The molecule has 120 valence electrons. The molecule has 0 spiro atoms. The minimum Gasteiger partial charge on any atom is -0.497 e. The molecule has 1 aliphatic rings. The molecule has 4 nitrogen and oxygen atoms in total. The van der Waals surface area contributed by atoms with E-state index in [2.05, 4.69) is 4.99 Å². The molecule has 0 amide bonds. The molecular formula is C19H14FNO3. The zero-order chi connectivity index (χ0) is 16.9. The van der Waals surface area contributed by atoms with Gasteiger partial charge in [0.1, 0.15) is 11.6 Å². The molecule has 24 heavy (non-hydrogen) atoms. The van der Waals surface area contributed by atoms with Gasteiger partial charge in [-0.1, -0.05) is 24.3 Å². The van der Waals surface area contributed by atoms with Gasteiger partial charge in [0.05, 0.1) is 7.11 Å². The van der Waals surface area contributed by atoms with Crippen LogP contribution in [0.4, 0.5) is 4.39 Å². The summed E-state index contributed by atoms with van der Waals surface area (Å²) in [6.07, 6.45) is 4.86. The van der Waals surface area contributed by atoms with Gasteiger partial charge in [-0.2, -0.15) is 0 Å². The molecule has 3 rings (SSSR count). The first kappa shape index (κ1) is 15.7. The zero-order valence-electron chi connectivity index (χ0n) is 12.9. The van der Waals surface area contributed by atoms with Crippen molar-refractivity contribution >= 4 is 24.0 Å². The second-order valence-electron chi connectivity index (χ2n) is 5.03. The Morgan fingerprint density at radius 2 is 1.88 bits per heavy atom. The van der Waals surface area contributed by atoms with E-state index in [0.29, 0.717) is 5.56 Å². The van der Waals surface area contributed by atoms with Crippen molar-refractivity contribution < 1.29 is 18.7 Å². The minimum atomic E-state index is -0.561. The number of carbonyl (C=O) groups excluding carboxylic acids is 1. The van der Waals surface area contributed by atoms with Gasteiger partial charge < -0.3 is 9.47 Å². The highest BCUT2D eigenvalue weighted by molar-refractivity contribution is 6.11. The van der Waals surface area contributed by atoms with Crippen LogP contribution in [0.5, 0.6) is 5.75 Å². The normalized spacial score (nSPS) is 15.7. The Labute approximate surface area is 138 Å². The van der Waals surface area contributed by atoms with Gasteiger partial charge >= 0.3 is 5.97 Å². The van der Waals surface area contributed by atoms with Gasteiger partial charge in [0.25, 0.3) is 0 Å². The smallest absolute Gasteiger partial charge is 0.363 e. The third kappa shape index (κ3) is 3.76. The number of hydrogen-bond acceptors (Lipinski definition) is 4. The third-order valence-corrected chi connectivity index (χ3v) is 3.32. The fourth-order valence-electron chi connectivity index (χ4n) is 2.13. The summed E-state index contributed by atoms with van der Waals surface area (Å²) >= 11 is 0. The molecule has 0 bridgehead atoms. The zero-order valence-corrected chi connectivity index (χ0v) is 12.9. The molecule has 0 unspecified atom stereocenters. The van der Waals surface area contributed by atoms with Crippen LogP contribution in [-0.4, -0.2) is 19.0 Å². The lowest BCUT2D eigenvalue weighted by atomic mass is 10.2. The van der Waals surface area contributed by atoms with E-state index in [0.717, 1.165) is 11.3 Å². The van der Waals surface area contributed by atoms with Crippen molar-refractivity contribution in [2.75, 3.05) is 7.11 Å². The molecule has 0 N–H and O–H groups in total. The summed E-state index contributed by atoms with van der Waals surface area (Å²) in [5.41, 5.74) is 1.60. The number of rotatable bonds is 4. The van der Waals surface area contributed by atoms with E-state index in [9.17, 15) is 9.18 Å². The van der Waals surface area contributed by atoms with Crippen LogP contribution in [-0.2, 0) is 9.53 Å². The Hall–Kier alpha value is -3.21. The molecule has 0 radical (unpaired) electrons. The van der Waals surface area contributed by atoms with E-state index >= 15 is 0 Å². The van der Waals surface area contributed by atoms with Crippen molar-refractivity contribution in [1.29, 1.82) is 0 Å². The maximum Gasteiger partial charge on any atom is 0.363 e. The number of ether oxygens (including phenoxy) is 2. The van der Waals surface area contributed by atoms with Crippen LogP contribution in [0.25, 0.3) is 12.2 Å². The first-order valence-corrected chi connectivity index (χ1v) is 7.24. The summed E-state index contributed by atoms with van der Waals surface area (Å²) in [5, 5.41) is 0. The molecule has 0 saturated carbocycles. The predicted molar refractivity (Wildman–Crippen MR) is 89.9 cm³/mol. The SMILES string of the molecule is COc1ccc(/C=C/C2=NC(=Cc3cccc(F)c3)C(=O)O2)cc1. The molecule has 0 saturated heterocycles. The molecule has 0 atom stereocenters. The van der Waals surface area contributed by atoms with E-state index in [1.807, 2.05) is 24.3 Å². The summed E-state index contributed by atoms with van der Waals surface area (Å²) in [5.74, 6) is 0.0172. The summed E-state index contributed by atoms with van der Waals surface area (Å²) < 4.78 is 23.3. The van der Waals surface area contributed by atoms with Crippen LogP contribution in [0.1, 0.15) is 11.1 Å². The number of nitrogens with zero attached hydrogens (tertiary/aromatic N) is 1. The highest BCUT2D eigenvalue weighted by Crippen LogP contribution is 2.18. The van der Waals surface area contributed by atoms with Crippen molar-refractivity contribution in [2.24, 2.45) is 4.99 Å². The number of carbonyl (C=O) groups is 1. The van der Waals surface area contributed by atoms with E-state index in [1.54, 1.807) is 31.4 Å². The van der Waals surface area contributed by atoms with Crippen LogP contribution >= 0.6 is 0 Å². The van der Waals surface area contributed by atoms with Crippen LogP contribution in [0.15, 0.2) is 65.3 Å². The van der Waals surface area contributed by atoms with Crippen molar-refractivity contribution in [1.82, 2.24) is 0 Å². The van der Waals surface area contributed by atoms with Crippen LogP contribution in [0.2, 0.25) is 0 Å². The second-order valence-corrected chi connectivity index (χ2v) is 5.03. The van der Waals surface area contributed by atoms with Crippen molar-refractivity contribution in [3.8, 4) is 5.75 Å². The molecular weight excluding hydrogens is 309 g/mol. The number of hydrogen-bond donors (Lipinski definition) is 0. The van der Waals surface area contributed by atoms with Crippen molar-refractivity contribution in [2.45, 2.75) is 0 Å². The van der Waals surface area contributed by atoms with E-state index in [-0.39, 0.29) is 17.4 Å². The van der Waals surface area contributed by atoms with Gasteiger partial charge in [0.15, 0.2) is 5.70 Å². The lowest BCUT2D eigenvalue weighted by Gasteiger charge is -1.98. The Kier molecular flexibility index (Phi) is 4.52. The molecule has 1 aliphatic heterocycles. The topological polar surface area (TPSA) is 47.9 Å². The van der Waals surface area contributed by atoms with E-state index < -0.39 is 5.97 Å². The summed E-state index contributed by atoms with van der Waals surface area (Å²) in [6, 6.07) is 13.3. The third-order valence-electron chi connectivity index (χ3n) is 3.32. The summed E-state index contributed by atoms with van der Waals surface area (Å²) in [6.45, 7) is 0. The predicted octanol–water partition coefficient (Wildman–Crippen LogP) is 3.84. The quantitative estimate of drug-likeness (QED) is 0.634.